The Morgan fingerprint density at radius 3 is 1.77 bits per heavy atom. The molecule has 1 N–H and O–H groups in total. The number of carbonyl (C=O) groups is 2. The van der Waals surface area contributed by atoms with Crippen LogP contribution < -0.4 is 5.32 Å². The lowest BCUT2D eigenvalue weighted by Gasteiger charge is -2.46. The molecule has 0 bridgehead atoms. The molecule has 2 aliphatic heterocycles. The third-order valence-corrected chi connectivity index (χ3v) is 24.4. The van der Waals surface area contributed by atoms with E-state index in [2.05, 4.69) is 120 Å². The van der Waals surface area contributed by atoms with Gasteiger partial charge in [0.05, 0.1) is 18.7 Å². The molecule has 9 nitrogen and oxygen atoms in total. The SMILES string of the molecule is CN(CC1=CN([C@@H]2O[C@H](CO[Si](C)(C)C(C)(C)C)C(O[Si](C)(C)C(C)(C)C)C2O[Si](C)(C)C(C)(C)C)C(S)NC1=O)C(=O)C(F)(F)F. The third kappa shape index (κ3) is 9.88. The fraction of sp³-hybridized carbons (Fsp3) is 0.871. The Balaban J connectivity index is 2.71. The zero-order valence-electron chi connectivity index (χ0n) is 31.3. The number of ether oxygens (including phenoxy) is 1. The lowest BCUT2D eigenvalue weighted by molar-refractivity contribution is -0.183. The fourth-order valence-corrected chi connectivity index (χ4v) is 8.29. The average Bonchev–Trinajstić information content (AvgIpc) is 3.16. The molecule has 0 spiro atoms. The van der Waals surface area contributed by atoms with Crippen molar-refractivity contribution >= 4 is 49.4 Å². The monoisotopic (exact) mass is 743 g/mol. The van der Waals surface area contributed by atoms with Crippen molar-refractivity contribution < 1.29 is 40.8 Å². The number of alkyl halides is 3. The highest BCUT2D eigenvalue weighted by atomic mass is 32.1. The second-order valence-corrected chi connectivity index (χ2v) is 32.2. The summed E-state index contributed by atoms with van der Waals surface area (Å²) in [4.78, 5) is 27.0. The van der Waals surface area contributed by atoms with Crippen molar-refractivity contribution in [2.75, 3.05) is 20.2 Å². The molecular formula is C31H60F3N3O6SSi3. The van der Waals surface area contributed by atoms with Crippen LogP contribution >= 0.6 is 12.6 Å². The number of carbonyl (C=O) groups excluding carboxylic acids is 2. The first-order valence-electron chi connectivity index (χ1n) is 16.2. The number of rotatable bonds is 10. The Morgan fingerprint density at radius 2 is 1.34 bits per heavy atom. The summed E-state index contributed by atoms with van der Waals surface area (Å²) in [7, 11) is -6.12. The van der Waals surface area contributed by atoms with E-state index in [1.165, 1.54) is 6.20 Å². The number of amides is 2. The molecule has 5 atom stereocenters. The van der Waals surface area contributed by atoms with Gasteiger partial charge in [-0.3, -0.25) is 9.59 Å². The normalized spacial score (nSPS) is 25.5. The average molecular weight is 744 g/mol. The topological polar surface area (TPSA) is 89.6 Å². The highest BCUT2D eigenvalue weighted by molar-refractivity contribution is 7.80. The predicted octanol–water partition coefficient (Wildman–Crippen LogP) is 7.06. The molecule has 0 radical (unpaired) electrons. The van der Waals surface area contributed by atoms with E-state index in [4.69, 9.17) is 18.0 Å². The molecule has 0 aliphatic carbocycles. The second-order valence-electron chi connectivity index (χ2n) is 17.4. The summed E-state index contributed by atoms with van der Waals surface area (Å²) in [6, 6.07) is 0. The number of nitrogens with zero attached hydrogens (tertiary/aromatic N) is 2. The summed E-state index contributed by atoms with van der Waals surface area (Å²) in [5, 5.41) is 2.35. The summed E-state index contributed by atoms with van der Waals surface area (Å²) in [5.41, 5.74) is -0.938. The number of nitrogens with one attached hydrogen (secondary N) is 1. The van der Waals surface area contributed by atoms with Gasteiger partial charge in [-0.25, -0.2) is 0 Å². The van der Waals surface area contributed by atoms with Gasteiger partial charge in [-0.1, -0.05) is 62.3 Å². The standard InChI is InChI=1S/C31H60F3N3O6SSi3/c1-28(2,3)45(11,12)40-19-21-22(42-46(13,14)29(4,5)6)23(43-47(15,16)30(7,8)9)25(41-21)37-18-20(24(38)35-27(37)44)17-36(10)26(39)31(32,33)34/h18,21-23,25,27,44H,17,19H2,1-16H3,(H,35,38)/t21-,22?,23?,25-,27?/m1/s1. The van der Waals surface area contributed by atoms with Crippen LogP contribution in [0.5, 0.6) is 0 Å². The predicted molar refractivity (Wildman–Crippen MR) is 190 cm³/mol. The van der Waals surface area contributed by atoms with Crippen LogP contribution in [0.2, 0.25) is 54.4 Å². The maximum absolute atomic E-state index is 13.2. The van der Waals surface area contributed by atoms with Gasteiger partial charge < -0.3 is 33.1 Å². The smallest absolute Gasteiger partial charge is 0.414 e. The minimum Gasteiger partial charge on any atom is -0.414 e. The number of hydrogen-bond donors (Lipinski definition) is 2. The molecule has 47 heavy (non-hydrogen) atoms. The van der Waals surface area contributed by atoms with Gasteiger partial charge >= 0.3 is 12.1 Å². The maximum Gasteiger partial charge on any atom is 0.471 e. The second kappa shape index (κ2) is 14.0. The van der Waals surface area contributed by atoms with Crippen molar-refractivity contribution in [3.8, 4) is 0 Å². The number of likely N-dealkylation sites (N-methyl/N-ethyl adjacent to an activating group) is 1. The minimum atomic E-state index is -5.07. The maximum atomic E-state index is 13.2. The number of thiol groups is 1. The molecule has 2 heterocycles. The Morgan fingerprint density at radius 1 is 0.894 bits per heavy atom. The van der Waals surface area contributed by atoms with E-state index < -0.39 is 79.5 Å². The van der Waals surface area contributed by atoms with Crippen molar-refractivity contribution in [1.82, 2.24) is 15.1 Å². The molecule has 16 heteroatoms. The molecule has 0 aromatic rings. The van der Waals surface area contributed by atoms with Crippen LogP contribution in [0.15, 0.2) is 11.8 Å². The first-order valence-corrected chi connectivity index (χ1v) is 25.4. The first-order chi connectivity index (χ1) is 20.7. The molecule has 2 amide bonds. The van der Waals surface area contributed by atoms with Gasteiger partial charge in [0.1, 0.15) is 23.8 Å². The van der Waals surface area contributed by atoms with Gasteiger partial charge in [0.2, 0.25) is 0 Å². The minimum absolute atomic E-state index is 0.0482. The van der Waals surface area contributed by atoms with E-state index in [1.807, 2.05) is 0 Å². The van der Waals surface area contributed by atoms with Crippen molar-refractivity contribution in [2.24, 2.45) is 0 Å². The van der Waals surface area contributed by atoms with Crippen LogP contribution in [0, 0.1) is 0 Å². The molecular weight excluding hydrogens is 684 g/mol. The van der Waals surface area contributed by atoms with Crippen LogP contribution in [0.1, 0.15) is 62.3 Å². The largest absolute Gasteiger partial charge is 0.471 e. The van der Waals surface area contributed by atoms with E-state index >= 15 is 0 Å². The van der Waals surface area contributed by atoms with Crippen molar-refractivity contribution in [1.29, 1.82) is 0 Å². The van der Waals surface area contributed by atoms with Gasteiger partial charge in [0, 0.05) is 13.2 Å². The molecule has 0 saturated carbocycles. The Labute approximate surface area is 289 Å². The molecule has 0 aromatic heterocycles. The molecule has 2 rings (SSSR count). The summed E-state index contributed by atoms with van der Waals surface area (Å²) in [5.74, 6) is -2.68. The summed E-state index contributed by atoms with van der Waals surface area (Å²) >= 11 is 4.65. The summed E-state index contributed by atoms with van der Waals surface area (Å²) < 4.78 is 67.4. The van der Waals surface area contributed by atoms with Crippen LogP contribution in [0.4, 0.5) is 13.2 Å². The van der Waals surface area contributed by atoms with Crippen LogP contribution in [-0.2, 0) is 27.6 Å². The van der Waals surface area contributed by atoms with Crippen LogP contribution in [0.3, 0.4) is 0 Å². The lowest BCUT2D eigenvalue weighted by atomic mass is 10.1. The zero-order chi connectivity index (χ0) is 36.9. The number of hydrogen-bond acceptors (Lipinski definition) is 8. The van der Waals surface area contributed by atoms with Crippen molar-refractivity contribution in [3.05, 3.63) is 11.8 Å². The zero-order valence-corrected chi connectivity index (χ0v) is 35.2. The van der Waals surface area contributed by atoms with E-state index in [-0.39, 0.29) is 27.3 Å². The fourth-order valence-electron chi connectivity index (χ4n) is 4.35. The third-order valence-electron chi connectivity index (χ3n) is 10.6. The Bertz CT molecular complexity index is 1180. The van der Waals surface area contributed by atoms with Crippen molar-refractivity contribution in [2.45, 2.75) is 153 Å². The van der Waals surface area contributed by atoms with E-state index in [0.29, 0.717) is 4.90 Å². The van der Waals surface area contributed by atoms with Gasteiger partial charge in [-0.2, -0.15) is 13.2 Å². The Hall–Kier alpha value is -0.889. The van der Waals surface area contributed by atoms with E-state index in [1.54, 1.807) is 4.90 Å². The van der Waals surface area contributed by atoms with Crippen LogP contribution in [0.25, 0.3) is 0 Å². The summed E-state index contributed by atoms with van der Waals surface area (Å²) in [6.07, 6.45) is -6.24. The first kappa shape index (κ1) is 42.3. The van der Waals surface area contributed by atoms with Gasteiger partial charge in [-0.05, 0) is 54.4 Å². The molecule has 1 fully saturated rings. The number of halogens is 3. The van der Waals surface area contributed by atoms with E-state index in [9.17, 15) is 22.8 Å². The molecule has 3 unspecified atom stereocenters. The van der Waals surface area contributed by atoms with Crippen LogP contribution in [-0.4, -0.2) is 103 Å². The molecule has 0 aromatic carbocycles. The quantitative estimate of drug-likeness (QED) is 0.183. The Kier molecular flexibility index (Phi) is 12.6. The van der Waals surface area contributed by atoms with Crippen molar-refractivity contribution in [3.63, 3.8) is 0 Å². The molecule has 2 aliphatic rings. The van der Waals surface area contributed by atoms with Gasteiger partial charge in [0.15, 0.2) is 31.2 Å². The van der Waals surface area contributed by atoms with Gasteiger partial charge in [0.25, 0.3) is 5.91 Å². The highest BCUT2D eigenvalue weighted by Crippen LogP contribution is 2.45. The molecule has 274 valence electrons. The lowest BCUT2D eigenvalue weighted by Crippen LogP contribution is -2.59. The molecule has 1 saturated heterocycles. The van der Waals surface area contributed by atoms with E-state index in [0.717, 1.165) is 7.05 Å². The summed E-state index contributed by atoms with van der Waals surface area (Å²) in [6.45, 7) is 32.0. The highest BCUT2D eigenvalue weighted by Gasteiger charge is 2.56. The van der Waals surface area contributed by atoms with Gasteiger partial charge in [-0.15, -0.1) is 12.6 Å².